The van der Waals surface area contributed by atoms with E-state index in [-0.39, 0.29) is 0 Å². The Kier molecular flexibility index (Phi) is 3.95. The summed E-state index contributed by atoms with van der Waals surface area (Å²) in [6, 6.07) is 0. The van der Waals surface area contributed by atoms with Gasteiger partial charge in [-0.15, -0.1) is 11.3 Å². The Morgan fingerprint density at radius 2 is 2.06 bits per heavy atom. The Bertz CT molecular complexity index is 340. The fourth-order valence-electron chi connectivity index (χ4n) is 1.92. The molecule has 2 heterocycles. The molecule has 0 atom stereocenters. The molecule has 1 aliphatic heterocycles. The third-order valence-corrected chi connectivity index (χ3v) is 4.42. The van der Waals surface area contributed by atoms with Gasteiger partial charge in [0.2, 0.25) is 0 Å². The second-order valence-electron chi connectivity index (χ2n) is 4.74. The number of hydrogen-bond acceptors (Lipinski definition) is 4. The standard InChI is InChI=1S/C12H21N3S/c1-9(2)12-14-10(3)11(16-12)8-15-6-4-13-5-7-15/h9,13H,4-8H2,1-3H3. The Morgan fingerprint density at radius 3 is 2.62 bits per heavy atom. The first-order chi connectivity index (χ1) is 7.66. The minimum absolute atomic E-state index is 0.556. The van der Waals surface area contributed by atoms with Crippen molar-refractivity contribution in [2.24, 2.45) is 0 Å². The number of aromatic nitrogens is 1. The number of thiazole rings is 1. The van der Waals surface area contributed by atoms with E-state index in [4.69, 9.17) is 0 Å². The number of aryl methyl sites for hydroxylation is 1. The summed E-state index contributed by atoms with van der Waals surface area (Å²) in [6.07, 6.45) is 0. The van der Waals surface area contributed by atoms with E-state index in [1.54, 1.807) is 0 Å². The molecule has 0 aliphatic carbocycles. The topological polar surface area (TPSA) is 28.2 Å². The van der Waals surface area contributed by atoms with Crippen molar-refractivity contribution < 1.29 is 0 Å². The Morgan fingerprint density at radius 1 is 1.38 bits per heavy atom. The van der Waals surface area contributed by atoms with E-state index in [2.05, 4.69) is 36.0 Å². The van der Waals surface area contributed by atoms with Gasteiger partial charge in [0.1, 0.15) is 0 Å². The molecule has 0 spiro atoms. The highest BCUT2D eigenvalue weighted by atomic mass is 32.1. The highest BCUT2D eigenvalue weighted by molar-refractivity contribution is 7.11. The van der Waals surface area contributed by atoms with Crippen LogP contribution < -0.4 is 5.32 Å². The van der Waals surface area contributed by atoms with E-state index in [1.807, 2.05) is 11.3 Å². The summed E-state index contributed by atoms with van der Waals surface area (Å²) in [4.78, 5) is 8.62. The normalized spacial score (nSPS) is 18.2. The Labute approximate surface area is 102 Å². The first-order valence-electron chi connectivity index (χ1n) is 6.06. The van der Waals surface area contributed by atoms with Gasteiger partial charge >= 0.3 is 0 Å². The molecule has 1 fully saturated rings. The minimum atomic E-state index is 0.556. The van der Waals surface area contributed by atoms with Crippen LogP contribution in [0.2, 0.25) is 0 Å². The summed E-state index contributed by atoms with van der Waals surface area (Å²) >= 11 is 1.89. The predicted molar refractivity (Wildman–Crippen MR) is 69.1 cm³/mol. The fraction of sp³-hybridized carbons (Fsp3) is 0.750. The maximum absolute atomic E-state index is 4.65. The quantitative estimate of drug-likeness (QED) is 0.874. The van der Waals surface area contributed by atoms with Crippen molar-refractivity contribution in [3.05, 3.63) is 15.6 Å². The second kappa shape index (κ2) is 5.25. The van der Waals surface area contributed by atoms with Gasteiger partial charge in [-0.05, 0) is 6.92 Å². The van der Waals surface area contributed by atoms with Crippen LogP contribution in [0.15, 0.2) is 0 Å². The molecule has 3 nitrogen and oxygen atoms in total. The van der Waals surface area contributed by atoms with Crippen molar-refractivity contribution >= 4 is 11.3 Å². The summed E-state index contributed by atoms with van der Waals surface area (Å²) in [6.45, 7) is 12.2. The van der Waals surface area contributed by atoms with Crippen molar-refractivity contribution in [1.82, 2.24) is 15.2 Å². The molecule has 0 unspecified atom stereocenters. The third kappa shape index (κ3) is 2.81. The summed E-state index contributed by atoms with van der Waals surface area (Å²) in [5.41, 5.74) is 1.23. The van der Waals surface area contributed by atoms with Gasteiger partial charge in [-0.25, -0.2) is 4.98 Å². The number of nitrogens with zero attached hydrogens (tertiary/aromatic N) is 2. The van der Waals surface area contributed by atoms with Crippen molar-refractivity contribution in [2.75, 3.05) is 26.2 Å². The molecule has 1 aliphatic rings. The van der Waals surface area contributed by atoms with Gasteiger partial charge in [0, 0.05) is 43.5 Å². The molecular formula is C12H21N3S. The molecule has 2 rings (SSSR count). The van der Waals surface area contributed by atoms with Gasteiger partial charge in [-0.1, -0.05) is 13.8 Å². The lowest BCUT2D eigenvalue weighted by Gasteiger charge is -2.26. The number of hydrogen-bond donors (Lipinski definition) is 1. The zero-order chi connectivity index (χ0) is 11.5. The van der Waals surface area contributed by atoms with Crippen LogP contribution in [0.3, 0.4) is 0 Å². The predicted octanol–water partition coefficient (Wildman–Crippen LogP) is 1.98. The highest BCUT2D eigenvalue weighted by Crippen LogP contribution is 2.25. The summed E-state index contributed by atoms with van der Waals surface area (Å²) in [5.74, 6) is 0.556. The zero-order valence-corrected chi connectivity index (χ0v) is 11.2. The van der Waals surface area contributed by atoms with Gasteiger partial charge in [0.05, 0.1) is 10.7 Å². The SMILES string of the molecule is Cc1nc(C(C)C)sc1CN1CCNCC1. The average Bonchev–Trinajstić information content (AvgIpc) is 2.62. The van der Waals surface area contributed by atoms with E-state index in [0.29, 0.717) is 5.92 Å². The van der Waals surface area contributed by atoms with Crippen LogP contribution in [0.5, 0.6) is 0 Å². The Balaban J connectivity index is 2.02. The molecule has 16 heavy (non-hydrogen) atoms. The molecular weight excluding hydrogens is 218 g/mol. The van der Waals surface area contributed by atoms with Crippen molar-refractivity contribution in [2.45, 2.75) is 33.2 Å². The average molecular weight is 239 g/mol. The highest BCUT2D eigenvalue weighted by Gasteiger charge is 2.15. The second-order valence-corrected chi connectivity index (χ2v) is 5.86. The molecule has 0 aromatic carbocycles. The molecule has 0 amide bonds. The molecule has 0 bridgehead atoms. The fourth-order valence-corrected chi connectivity index (χ4v) is 3.03. The smallest absolute Gasteiger partial charge is 0.0956 e. The molecule has 1 aromatic heterocycles. The third-order valence-electron chi connectivity index (χ3n) is 2.98. The maximum Gasteiger partial charge on any atom is 0.0956 e. The first kappa shape index (κ1) is 12.0. The maximum atomic E-state index is 4.65. The lowest BCUT2D eigenvalue weighted by Crippen LogP contribution is -2.42. The van der Waals surface area contributed by atoms with Crippen molar-refractivity contribution in [3.8, 4) is 0 Å². The number of rotatable bonds is 3. The van der Waals surface area contributed by atoms with E-state index in [1.165, 1.54) is 15.6 Å². The largest absolute Gasteiger partial charge is 0.314 e. The van der Waals surface area contributed by atoms with E-state index >= 15 is 0 Å². The number of piperazine rings is 1. The molecule has 1 aromatic rings. The van der Waals surface area contributed by atoms with Gasteiger partial charge in [-0.2, -0.15) is 0 Å². The summed E-state index contributed by atoms with van der Waals surface area (Å²) < 4.78 is 0. The molecule has 0 radical (unpaired) electrons. The van der Waals surface area contributed by atoms with Crippen molar-refractivity contribution in [1.29, 1.82) is 0 Å². The lowest BCUT2D eigenvalue weighted by molar-refractivity contribution is 0.234. The Hall–Kier alpha value is -0.450. The van der Waals surface area contributed by atoms with Crippen LogP contribution in [-0.4, -0.2) is 36.1 Å². The van der Waals surface area contributed by atoms with Crippen LogP contribution in [0, 0.1) is 6.92 Å². The van der Waals surface area contributed by atoms with Gasteiger partial charge in [0.15, 0.2) is 0 Å². The van der Waals surface area contributed by atoms with Gasteiger partial charge < -0.3 is 5.32 Å². The van der Waals surface area contributed by atoms with E-state index in [0.717, 1.165) is 32.7 Å². The van der Waals surface area contributed by atoms with Crippen LogP contribution in [0.25, 0.3) is 0 Å². The van der Waals surface area contributed by atoms with Gasteiger partial charge in [-0.3, -0.25) is 4.90 Å². The van der Waals surface area contributed by atoms with Crippen LogP contribution in [0.1, 0.15) is 35.3 Å². The first-order valence-corrected chi connectivity index (χ1v) is 6.87. The molecule has 0 saturated carbocycles. The monoisotopic (exact) mass is 239 g/mol. The van der Waals surface area contributed by atoms with Crippen molar-refractivity contribution in [3.63, 3.8) is 0 Å². The molecule has 1 N–H and O–H groups in total. The summed E-state index contributed by atoms with van der Waals surface area (Å²) in [7, 11) is 0. The lowest BCUT2D eigenvalue weighted by atomic mass is 10.2. The molecule has 1 saturated heterocycles. The van der Waals surface area contributed by atoms with E-state index in [9.17, 15) is 0 Å². The van der Waals surface area contributed by atoms with Crippen LogP contribution >= 0.6 is 11.3 Å². The van der Waals surface area contributed by atoms with Crippen LogP contribution in [-0.2, 0) is 6.54 Å². The molecule has 4 heteroatoms. The minimum Gasteiger partial charge on any atom is -0.314 e. The van der Waals surface area contributed by atoms with Gasteiger partial charge in [0.25, 0.3) is 0 Å². The zero-order valence-electron chi connectivity index (χ0n) is 10.4. The summed E-state index contributed by atoms with van der Waals surface area (Å²) in [5, 5.41) is 4.66. The molecule has 90 valence electrons. The van der Waals surface area contributed by atoms with Crippen LogP contribution in [0.4, 0.5) is 0 Å². The van der Waals surface area contributed by atoms with E-state index < -0.39 is 0 Å². The number of nitrogens with one attached hydrogen (secondary N) is 1.